The summed E-state index contributed by atoms with van der Waals surface area (Å²) in [5.74, 6) is -0.498. The van der Waals surface area contributed by atoms with Crippen molar-refractivity contribution >= 4 is 5.69 Å². The van der Waals surface area contributed by atoms with Crippen LogP contribution < -0.4 is 5.73 Å². The second-order valence-corrected chi connectivity index (χ2v) is 3.36. The second-order valence-electron chi connectivity index (χ2n) is 3.36. The monoisotopic (exact) mass is 212 g/mol. The van der Waals surface area contributed by atoms with Crippen molar-refractivity contribution in [2.24, 2.45) is 5.73 Å². The van der Waals surface area contributed by atoms with Gasteiger partial charge in [-0.15, -0.1) is 0 Å². The van der Waals surface area contributed by atoms with Crippen LogP contribution in [0.15, 0.2) is 18.2 Å². The molecule has 4 nitrogen and oxygen atoms in total. The summed E-state index contributed by atoms with van der Waals surface area (Å²) >= 11 is 0. The van der Waals surface area contributed by atoms with Gasteiger partial charge in [0.15, 0.2) is 0 Å². The first-order valence-electron chi connectivity index (χ1n) is 4.75. The summed E-state index contributed by atoms with van der Waals surface area (Å²) in [6, 6.07) is 2.88. The van der Waals surface area contributed by atoms with Crippen molar-refractivity contribution < 1.29 is 9.31 Å². The third kappa shape index (κ3) is 2.73. The average Bonchev–Trinajstić information content (AvgIpc) is 2.17. The van der Waals surface area contributed by atoms with Gasteiger partial charge in [0.25, 0.3) is 5.69 Å². The van der Waals surface area contributed by atoms with Gasteiger partial charge in [0.05, 0.1) is 4.92 Å². The first-order chi connectivity index (χ1) is 7.06. The van der Waals surface area contributed by atoms with Crippen LogP contribution in [0, 0.1) is 15.9 Å². The Balaban J connectivity index is 3.12. The quantitative estimate of drug-likeness (QED) is 0.615. The van der Waals surface area contributed by atoms with Crippen molar-refractivity contribution in [2.75, 3.05) is 0 Å². The van der Waals surface area contributed by atoms with E-state index in [0.29, 0.717) is 6.42 Å². The molecular formula is C10H13FN2O2. The topological polar surface area (TPSA) is 69.2 Å². The average molecular weight is 212 g/mol. The van der Waals surface area contributed by atoms with Gasteiger partial charge in [-0.3, -0.25) is 10.1 Å². The smallest absolute Gasteiger partial charge is 0.274 e. The van der Waals surface area contributed by atoms with E-state index in [2.05, 4.69) is 0 Å². The largest absolute Gasteiger partial charge is 0.324 e. The van der Waals surface area contributed by atoms with Crippen molar-refractivity contribution in [3.8, 4) is 0 Å². The minimum absolute atomic E-state index is 0.114. The molecule has 0 heterocycles. The molecule has 1 aromatic carbocycles. The summed E-state index contributed by atoms with van der Waals surface area (Å²) in [6.07, 6.45) is 1.40. The molecule has 0 aliphatic carbocycles. The highest BCUT2D eigenvalue weighted by molar-refractivity contribution is 5.42. The van der Waals surface area contributed by atoms with Crippen LogP contribution in [0.2, 0.25) is 0 Å². The van der Waals surface area contributed by atoms with E-state index in [1.807, 2.05) is 6.92 Å². The van der Waals surface area contributed by atoms with E-state index in [0.717, 1.165) is 24.6 Å². The molecule has 0 saturated carbocycles. The molecule has 0 amide bonds. The highest BCUT2D eigenvalue weighted by Crippen LogP contribution is 2.26. The number of nitro groups is 1. The minimum Gasteiger partial charge on any atom is -0.324 e. The van der Waals surface area contributed by atoms with Crippen LogP contribution in [-0.4, -0.2) is 4.92 Å². The summed E-state index contributed by atoms with van der Waals surface area (Å²) in [5.41, 5.74) is 5.89. The first kappa shape index (κ1) is 11.6. The van der Waals surface area contributed by atoms with Crippen LogP contribution >= 0.6 is 0 Å². The lowest BCUT2D eigenvalue weighted by molar-refractivity contribution is -0.385. The molecule has 0 radical (unpaired) electrons. The lowest BCUT2D eigenvalue weighted by Gasteiger charge is -2.10. The molecule has 0 unspecified atom stereocenters. The Morgan fingerprint density at radius 2 is 2.27 bits per heavy atom. The molecule has 1 atom stereocenters. The molecule has 15 heavy (non-hydrogen) atoms. The fourth-order valence-electron chi connectivity index (χ4n) is 1.46. The maximum atomic E-state index is 12.9. The van der Waals surface area contributed by atoms with E-state index in [-0.39, 0.29) is 11.3 Å². The maximum Gasteiger partial charge on any atom is 0.274 e. The summed E-state index contributed by atoms with van der Waals surface area (Å²) in [6.45, 7) is 1.92. The van der Waals surface area contributed by atoms with E-state index in [1.54, 1.807) is 0 Å². The normalized spacial score (nSPS) is 12.5. The third-order valence-electron chi connectivity index (χ3n) is 2.19. The van der Waals surface area contributed by atoms with Gasteiger partial charge in [-0.05, 0) is 18.6 Å². The molecule has 5 heteroatoms. The van der Waals surface area contributed by atoms with Crippen molar-refractivity contribution in [1.29, 1.82) is 0 Å². The Labute approximate surface area is 87.0 Å². The van der Waals surface area contributed by atoms with Gasteiger partial charge in [-0.25, -0.2) is 4.39 Å². The number of benzene rings is 1. The van der Waals surface area contributed by atoms with Gasteiger partial charge >= 0.3 is 0 Å². The molecule has 0 fully saturated rings. The van der Waals surface area contributed by atoms with Crippen LogP contribution in [-0.2, 0) is 0 Å². The lowest BCUT2D eigenvalue weighted by atomic mass is 10.0. The molecular weight excluding hydrogens is 199 g/mol. The molecule has 1 rings (SSSR count). The van der Waals surface area contributed by atoms with Gasteiger partial charge in [-0.2, -0.15) is 0 Å². The Morgan fingerprint density at radius 1 is 1.60 bits per heavy atom. The Hall–Kier alpha value is -1.49. The third-order valence-corrected chi connectivity index (χ3v) is 2.19. The van der Waals surface area contributed by atoms with E-state index < -0.39 is 16.8 Å². The van der Waals surface area contributed by atoms with Crippen molar-refractivity contribution in [3.05, 3.63) is 39.7 Å². The molecule has 0 aromatic heterocycles. The van der Waals surface area contributed by atoms with Crippen LogP contribution in [0.3, 0.4) is 0 Å². The highest BCUT2D eigenvalue weighted by Gasteiger charge is 2.19. The predicted octanol–water partition coefficient (Wildman–Crippen LogP) is 2.53. The van der Waals surface area contributed by atoms with Crippen molar-refractivity contribution in [2.45, 2.75) is 25.8 Å². The number of nitrogens with two attached hydrogens (primary N) is 1. The van der Waals surface area contributed by atoms with Crippen LogP contribution in [0.5, 0.6) is 0 Å². The summed E-state index contributed by atoms with van der Waals surface area (Å²) in [4.78, 5) is 10.1. The van der Waals surface area contributed by atoms with Crippen LogP contribution in [0.4, 0.5) is 10.1 Å². The predicted molar refractivity (Wildman–Crippen MR) is 54.9 cm³/mol. The zero-order valence-electron chi connectivity index (χ0n) is 8.44. The number of hydrogen-bond donors (Lipinski definition) is 1. The molecule has 0 bridgehead atoms. The Kier molecular flexibility index (Phi) is 3.74. The molecule has 0 spiro atoms. The standard InChI is InChI=1S/C10H13FN2O2/c1-2-3-9(12)8-6-7(11)4-5-10(8)13(14)15/h4-6,9H,2-3,12H2,1H3/t9-/m1/s1. The number of rotatable bonds is 4. The van der Waals surface area contributed by atoms with Gasteiger partial charge in [0.1, 0.15) is 5.82 Å². The zero-order valence-corrected chi connectivity index (χ0v) is 8.44. The zero-order chi connectivity index (χ0) is 11.4. The highest BCUT2D eigenvalue weighted by atomic mass is 19.1. The number of halogens is 1. The van der Waals surface area contributed by atoms with E-state index >= 15 is 0 Å². The summed E-state index contributed by atoms with van der Waals surface area (Å²) in [7, 11) is 0. The summed E-state index contributed by atoms with van der Waals surface area (Å²) < 4.78 is 12.9. The van der Waals surface area contributed by atoms with Crippen LogP contribution in [0.25, 0.3) is 0 Å². The fourth-order valence-corrected chi connectivity index (χ4v) is 1.46. The van der Waals surface area contributed by atoms with Crippen LogP contribution in [0.1, 0.15) is 31.4 Å². The number of hydrogen-bond acceptors (Lipinski definition) is 3. The maximum absolute atomic E-state index is 12.9. The molecule has 82 valence electrons. The van der Waals surface area contributed by atoms with Gasteiger partial charge in [0, 0.05) is 17.7 Å². The molecule has 2 N–H and O–H groups in total. The first-order valence-corrected chi connectivity index (χ1v) is 4.75. The molecule has 0 aliphatic rings. The van der Waals surface area contributed by atoms with E-state index in [1.165, 1.54) is 0 Å². The van der Waals surface area contributed by atoms with E-state index in [4.69, 9.17) is 5.73 Å². The van der Waals surface area contributed by atoms with Crippen molar-refractivity contribution in [1.82, 2.24) is 0 Å². The second kappa shape index (κ2) is 4.84. The fraction of sp³-hybridized carbons (Fsp3) is 0.400. The molecule has 1 aromatic rings. The van der Waals surface area contributed by atoms with E-state index in [9.17, 15) is 14.5 Å². The van der Waals surface area contributed by atoms with Crippen molar-refractivity contribution in [3.63, 3.8) is 0 Å². The number of nitrogens with zero attached hydrogens (tertiary/aromatic N) is 1. The number of nitro benzene ring substituents is 1. The van der Waals surface area contributed by atoms with Gasteiger partial charge in [-0.1, -0.05) is 13.3 Å². The molecule has 0 saturated heterocycles. The van der Waals surface area contributed by atoms with Gasteiger partial charge < -0.3 is 5.73 Å². The lowest BCUT2D eigenvalue weighted by Crippen LogP contribution is -2.12. The molecule has 0 aliphatic heterocycles. The van der Waals surface area contributed by atoms with Gasteiger partial charge in [0.2, 0.25) is 0 Å². The SMILES string of the molecule is CCC[C@@H](N)c1cc(F)ccc1[N+](=O)[O-]. The Morgan fingerprint density at radius 3 is 2.80 bits per heavy atom. The Bertz CT molecular complexity index is 368. The summed E-state index contributed by atoms with van der Waals surface area (Å²) in [5, 5.41) is 10.7. The minimum atomic E-state index is -0.537.